The Morgan fingerprint density at radius 3 is 2.44 bits per heavy atom. The molecular formula is C16H24N4O4S. The largest absolute Gasteiger partial charge is 0.377 e. The molecule has 2 saturated heterocycles. The average Bonchev–Trinajstić information content (AvgIpc) is 3.08. The fourth-order valence-corrected chi connectivity index (χ4v) is 3.66. The number of piperazine rings is 1. The second-order valence-electron chi connectivity index (χ2n) is 6.42. The third kappa shape index (κ3) is 4.91. The number of carbonyl (C=O) groups excluding carboxylic acids is 1. The predicted molar refractivity (Wildman–Crippen MR) is 93.8 cm³/mol. The lowest BCUT2D eigenvalue weighted by Crippen LogP contribution is -2.51. The number of benzene rings is 1. The van der Waals surface area contributed by atoms with Gasteiger partial charge in [-0.3, -0.25) is 4.90 Å². The molecule has 2 aliphatic rings. The first-order chi connectivity index (χ1) is 11.9. The number of hydrogen-bond donors (Lipinski definition) is 2. The summed E-state index contributed by atoms with van der Waals surface area (Å²) in [5, 5.41) is 7.85. The van der Waals surface area contributed by atoms with Crippen LogP contribution in [0.15, 0.2) is 29.2 Å². The molecule has 0 aromatic heterocycles. The van der Waals surface area contributed by atoms with E-state index in [0.29, 0.717) is 24.9 Å². The first kappa shape index (κ1) is 18.1. The van der Waals surface area contributed by atoms with Crippen LogP contribution < -0.4 is 10.5 Å². The van der Waals surface area contributed by atoms with E-state index < -0.39 is 10.0 Å². The van der Waals surface area contributed by atoms with Crippen molar-refractivity contribution in [2.75, 3.05) is 44.6 Å². The Labute approximate surface area is 148 Å². The molecule has 2 aliphatic heterocycles. The summed E-state index contributed by atoms with van der Waals surface area (Å²) in [6.07, 6.45) is 2.59. The highest BCUT2D eigenvalue weighted by Gasteiger charge is 2.24. The molecule has 138 valence electrons. The van der Waals surface area contributed by atoms with Crippen LogP contribution in [0, 0.1) is 0 Å². The number of ether oxygens (including phenoxy) is 1. The molecule has 0 spiro atoms. The molecule has 1 aromatic rings. The van der Waals surface area contributed by atoms with Crippen molar-refractivity contribution in [3.8, 4) is 0 Å². The molecule has 2 heterocycles. The van der Waals surface area contributed by atoms with Crippen LogP contribution in [0.3, 0.4) is 0 Å². The van der Waals surface area contributed by atoms with Crippen LogP contribution in [-0.2, 0) is 14.8 Å². The van der Waals surface area contributed by atoms with Gasteiger partial charge < -0.3 is 15.0 Å². The van der Waals surface area contributed by atoms with Gasteiger partial charge in [-0.2, -0.15) is 0 Å². The van der Waals surface area contributed by atoms with Crippen molar-refractivity contribution in [2.45, 2.75) is 23.8 Å². The number of urea groups is 1. The van der Waals surface area contributed by atoms with E-state index in [1.165, 1.54) is 24.3 Å². The lowest BCUT2D eigenvalue weighted by Gasteiger charge is -2.35. The van der Waals surface area contributed by atoms with E-state index in [-0.39, 0.29) is 10.9 Å². The number of carbonyl (C=O) groups is 1. The van der Waals surface area contributed by atoms with Crippen molar-refractivity contribution in [3.63, 3.8) is 0 Å². The highest BCUT2D eigenvalue weighted by Crippen LogP contribution is 2.16. The molecule has 25 heavy (non-hydrogen) atoms. The van der Waals surface area contributed by atoms with E-state index in [4.69, 9.17) is 9.88 Å². The molecule has 0 saturated carbocycles. The molecule has 8 nitrogen and oxygen atoms in total. The van der Waals surface area contributed by atoms with Gasteiger partial charge in [-0.15, -0.1) is 0 Å². The van der Waals surface area contributed by atoms with Crippen molar-refractivity contribution in [1.82, 2.24) is 9.80 Å². The molecule has 3 N–H and O–H groups in total. The Bertz CT molecular complexity index is 693. The number of nitrogens with one attached hydrogen (secondary N) is 1. The topological polar surface area (TPSA) is 105 Å². The van der Waals surface area contributed by atoms with Crippen molar-refractivity contribution in [1.29, 1.82) is 0 Å². The third-order valence-electron chi connectivity index (χ3n) is 4.58. The Balaban J connectivity index is 1.47. The van der Waals surface area contributed by atoms with E-state index in [1.54, 1.807) is 4.90 Å². The molecule has 0 bridgehead atoms. The summed E-state index contributed by atoms with van der Waals surface area (Å²) in [4.78, 5) is 16.4. The van der Waals surface area contributed by atoms with Crippen molar-refractivity contribution < 1.29 is 17.9 Å². The van der Waals surface area contributed by atoms with Gasteiger partial charge in [0.15, 0.2) is 0 Å². The molecule has 1 aromatic carbocycles. The average molecular weight is 368 g/mol. The van der Waals surface area contributed by atoms with E-state index in [2.05, 4.69) is 10.2 Å². The second-order valence-corrected chi connectivity index (χ2v) is 7.98. The first-order valence-electron chi connectivity index (χ1n) is 8.44. The maximum absolute atomic E-state index is 12.3. The van der Waals surface area contributed by atoms with Gasteiger partial charge in [-0.1, -0.05) is 0 Å². The number of anilines is 1. The second kappa shape index (κ2) is 7.69. The van der Waals surface area contributed by atoms with Crippen LogP contribution in [0.1, 0.15) is 12.8 Å². The molecule has 9 heteroatoms. The Morgan fingerprint density at radius 2 is 1.88 bits per heavy atom. The van der Waals surface area contributed by atoms with E-state index in [0.717, 1.165) is 39.1 Å². The molecule has 0 radical (unpaired) electrons. The van der Waals surface area contributed by atoms with Crippen LogP contribution >= 0.6 is 0 Å². The van der Waals surface area contributed by atoms with Gasteiger partial charge in [-0.25, -0.2) is 18.4 Å². The minimum absolute atomic E-state index is 0.0215. The lowest BCUT2D eigenvalue weighted by molar-refractivity contribution is 0.0572. The Hall–Kier alpha value is -1.68. The first-order valence-corrected chi connectivity index (χ1v) is 9.99. The summed E-state index contributed by atoms with van der Waals surface area (Å²) in [5.41, 5.74) is 0.541. The number of nitrogens with two attached hydrogens (primary N) is 1. The van der Waals surface area contributed by atoms with Crippen LogP contribution in [0.4, 0.5) is 10.5 Å². The highest BCUT2D eigenvalue weighted by atomic mass is 32.2. The zero-order valence-electron chi connectivity index (χ0n) is 14.1. The lowest BCUT2D eigenvalue weighted by atomic mass is 10.2. The Kier molecular flexibility index (Phi) is 5.57. The van der Waals surface area contributed by atoms with Crippen LogP contribution in [0.25, 0.3) is 0 Å². The van der Waals surface area contributed by atoms with E-state index in [9.17, 15) is 13.2 Å². The van der Waals surface area contributed by atoms with Gasteiger partial charge in [-0.05, 0) is 37.1 Å². The minimum atomic E-state index is -3.72. The quantitative estimate of drug-likeness (QED) is 0.812. The Morgan fingerprint density at radius 1 is 1.20 bits per heavy atom. The van der Waals surface area contributed by atoms with Gasteiger partial charge in [0.2, 0.25) is 10.0 Å². The van der Waals surface area contributed by atoms with Gasteiger partial charge in [0.25, 0.3) is 0 Å². The summed E-state index contributed by atoms with van der Waals surface area (Å²) in [6.45, 7) is 4.78. The zero-order chi connectivity index (χ0) is 17.9. The predicted octanol–water partition coefficient (Wildman–Crippen LogP) is 0.663. The summed E-state index contributed by atoms with van der Waals surface area (Å²) in [7, 11) is -3.72. The van der Waals surface area contributed by atoms with Crippen LogP contribution in [0.5, 0.6) is 0 Å². The molecule has 3 rings (SSSR count). The minimum Gasteiger partial charge on any atom is -0.377 e. The fourth-order valence-electron chi connectivity index (χ4n) is 3.14. The normalized spacial score (nSPS) is 22.1. The highest BCUT2D eigenvalue weighted by molar-refractivity contribution is 7.89. The number of rotatable bonds is 4. The summed E-state index contributed by atoms with van der Waals surface area (Å²) in [6, 6.07) is 5.64. The van der Waals surface area contributed by atoms with E-state index >= 15 is 0 Å². The smallest absolute Gasteiger partial charge is 0.321 e. The van der Waals surface area contributed by atoms with Crippen LogP contribution in [0.2, 0.25) is 0 Å². The summed E-state index contributed by atoms with van der Waals surface area (Å²) >= 11 is 0. The summed E-state index contributed by atoms with van der Waals surface area (Å²) in [5.74, 6) is 0. The van der Waals surface area contributed by atoms with Crippen molar-refractivity contribution in [2.24, 2.45) is 5.14 Å². The zero-order valence-corrected chi connectivity index (χ0v) is 14.9. The van der Waals surface area contributed by atoms with Gasteiger partial charge >= 0.3 is 6.03 Å². The standard InChI is InChI=1S/C16H24N4O4S/c17-25(22,23)15-5-3-13(4-6-15)18-16(21)20-9-7-19(8-10-20)12-14-2-1-11-24-14/h3-6,14H,1-2,7-12H2,(H,18,21)(H2,17,22,23). The third-order valence-corrected chi connectivity index (χ3v) is 5.51. The van der Waals surface area contributed by atoms with Crippen LogP contribution in [-0.4, -0.2) is 69.7 Å². The number of amides is 2. The van der Waals surface area contributed by atoms with Gasteiger partial charge in [0.05, 0.1) is 11.0 Å². The molecule has 0 aliphatic carbocycles. The number of sulfonamides is 1. The SMILES string of the molecule is NS(=O)(=O)c1ccc(NC(=O)N2CCN(CC3CCCO3)CC2)cc1. The molecule has 1 unspecified atom stereocenters. The number of hydrogen-bond acceptors (Lipinski definition) is 5. The van der Waals surface area contributed by atoms with Crippen molar-refractivity contribution >= 4 is 21.7 Å². The molecular weight excluding hydrogens is 344 g/mol. The maximum Gasteiger partial charge on any atom is 0.321 e. The monoisotopic (exact) mass is 368 g/mol. The van der Waals surface area contributed by atoms with Gasteiger partial charge in [0, 0.05) is 45.0 Å². The molecule has 2 fully saturated rings. The molecule has 1 atom stereocenters. The van der Waals surface area contributed by atoms with E-state index in [1.807, 2.05) is 0 Å². The number of primary sulfonamides is 1. The number of nitrogens with zero attached hydrogens (tertiary/aromatic N) is 2. The fraction of sp³-hybridized carbons (Fsp3) is 0.562. The molecule has 2 amide bonds. The van der Waals surface area contributed by atoms with Gasteiger partial charge in [0.1, 0.15) is 0 Å². The maximum atomic E-state index is 12.3. The summed E-state index contributed by atoms with van der Waals surface area (Å²) < 4.78 is 28.1. The van der Waals surface area contributed by atoms with Crippen molar-refractivity contribution in [3.05, 3.63) is 24.3 Å².